The molecule has 0 N–H and O–H groups in total. The lowest BCUT2D eigenvalue weighted by molar-refractivity contribution is -0.309. The summed E-state index contributed by atoms with van der Waals surface area (Å²) < 4.78 is 47.6. The Bertz CT molecular complexity index is 129. The predicted molar refractivity (Wildman–Crippen MR) is 23.7 cm³/mol. The quantitative estimate of drug-likeness (QED) is 0.455. The third-order valence-corrected chi connectivity index (χ3v) is 1.67. The minimum Gasteiger partial charge on any atom is -0.200 e. The second kappa shape index (κ2) is 1.41. The standard InChI is InChI=1S/C5H6F4/c1-3-2-4(6,7)5(3,8)9/h3H,2H2,1H3. The van der Waals surface area contributed by atoms with Crippen LogP contribution in [0.15, 0.2) is 0 Å². The lowest BCUT2D eigenvalue weighted by Gasteiger charge is -2.41. The molecule has 0 aromatic rings. The molecule has 1 aliphatic rings. The van der Waals surface area contributed by atoms with Crippen LogP contribution < -0.4 is 0 Å². The van der Waals surface area contributed by atoms with Crippen LogP contribution in [0.25, 0.3) is 0 Å². The molecule has 1 atom stereocenters. The molecule has 0 spiro atoms. The smallest absolute Gasteiger partial charge is 0.200 e. The normalized spacial score (nSPS) is 37.7. The highest BCUT2D eigenvalue weighted by molar-refractivity contribution is 5.00. The van der Waals surface area contributed by atoms with E-state index in [4.69, 9.17) is 0 Å². The van der Waals surface area contributed by atoms with E-state index in [0.717, 1.165) is 6.92 Å². The largest absolute Gasteiger partial charge is 0.312 e. The lowest BCUT2D eigenvalue weighted by atomic mass is 9.78. The average molecular weight is 142 g/mol. The van der Waals surface area contributed by atoms with Gasteiger partial charge in [-0.1, -0.05) is 6.92 Å². The molecule has 1 aliphatic carbocycles. The van der Waals surface area contributed by atoms with Crippen molar-refractivity contribution in [2.24, 2.45) is 5.92 Å². The van der Waals surface area contributed by atoms with Gasteiger partial charge < -0.3 is 0 Å². The van der Waals surface area contributed by atoms with Crippen molar-refractivity contribution in [1.82, 2.24) is 0 Å². The number of hydrogen-bond acceptors (Lipinski definition) is 0. The first-order valence-corrected chi connectivity index (χ1v) is 2.63. The molecule has 0 amide bonds. The van der Waals surface area contributed by atoms with Gasteiger partial charge in [0.15, 0.2) is 0 Å². The summed E-state index contributed by atoms with van der Waals surface area (Å²) in [5, 5.41) is 0. The Morgan fingerprint density at radius 2 is 1.67 bits per heavy atom. The number of rotatable bonds is 0. The van der Waals surface area contributed by atoms with Crippen molar-refractivity contribution in [3.05, 3.63) is 0 Å². The van der Waals surface area contributed by atoms with Crippen LogP contribution in [0.1, 0.15) is 13.3 Å². The van der Waals surface area contributed by atoms with Crippen LogP contribution in [0, 0.1) is 5.92 Å². The Kier molecular flexibility index (Phi) is 1.07. The van der Waals surface area contributed by atoms with Crippen molar-refractivity contribution in [2.75, 3.05) is 0 Å². The summed E-state index contributed by atoms with van der Waals surface area (Å²) in [6, 6.07) is 0. The van der Waals surface area contributed by atoms with Crippen molar-refractivity contribution in [3.63, 3.8) is 0 Å². The van der Waals surface area contributed by atoms with Gasteiger partial charge in [0.05, 0.1) is 0 Å². The molecule has 9 heavy (non-hydrogen) atoms. The molecule has 1 rings (SSSR count). The Morgan fingerprint density at radius 3 is 1.67 bits per heavy atom. The van der Waals surface area contributed by atoms with Crippen LogP contribution in [0.2, 0.25) is 0 Å². The number of hydrogen-bond donors (Lipinski definition) is 0. The highest BCUT2D eigenvalue weighted by Crippen LogP contribution is 2.54. The average Bonchev–Trinajstić information content (AvgIpc) is 1.65. The predicted octanol–water partition coefficient (Wildman–Crippen LogP) is 2.30. The van der Waals surface area contributed by atoms with Crippen LogP contribution in [0.3, 0.4) is 0 Å². The molecule has 1 unspecified atom stereocenters. The monoisotopic (exact) mass is 142 g/mol. The van der Waals surface area contributed by atoms with Gasteiger partial charge in [0.2, 0.25) is 0 Å². The first-order valence-electron chi connectivity index (χ1n) is 2.63. The van der Waals surface area contributed by atoms with Crippen molar-refractivity contribution in [3.8, 4) is 0 Å². The summed E-state index contributed by atoms with van der Waals surface area (Å²) in [5.74, 6) is -8.66. The molecule has 0 radical (unpaired) electrons. The Balaban J connectivity index is 2.70. The maximum atomic E-state index is 12.0. The summed E-state index contributed by atoms with van der Waals surface area (Å²) in [7, 11) is 0. The molecule has 4 heteroatoms. The molecular formula is C5H6F4. The zero-order chi connectivity index (χ0) is 7.28. The zero-order valence-corrected chi connectivity index (χ0v) is 4.80. The van der Waals surface area contributed by atoms with E-state index >= 15 is 0 Å². The maximum Gasteiger partial charge on any atom is 0.312 e. The van der Waals surface area contributed by atoms with Crippen molar-refractivity contribution in [2.45, 2.75) is 25.2 Å². The molecule has 0 bridgehead atoms. The second-order valence-corrected chi connectivity index (χ2v) is 2.43. The first kappa shape index (κ1) is 6.83. The van der Waals surface area contributed by atoms with Crippen LogP contribution in [-0.2, 0) is 0 Å². The van der Waals surface area contributed by atoms with Gasteiger partial charge in [-0.05, 0) is 0 Å². The van der Waals surface area contributed by atoms with Crippen molar-refractivity contribution >= 4 is 0 Å². The first-order chi connectivity index (χ1) is 3.88. The van der Waals surface area contributed by atoms with E-state index in [1.165, 1.54) is 0 Å². The fourth-order valence-electron chi connectivity index (χ4n) is 0.878. The summed E-state index contributed by atoms with van der Waals surface area (Å²) in [6.45, 7) is 1.12. The topological polar surface area (TPSA) is 0 Å². The lowest BCUT2D eigenvalue weighted by Crippen LogP contribution is -2.57. The van der Waals surface area contributed by atoms with Gasteiger partial charge in [0.25, 0.3) is 0 Å². The van der Waals surface area contributed by atoms with Crippen molar-refractivity contribution < 1.29 is 17.6 Å². The minimum absolute atomic E-state index is 0.681. The highest BCUT2D eigenvalue weighted by Gasteiger charge is 2.69. The van der Waals surface area contributed by atoms with Gasteiger partial charge in [0, 0.05) is 12.3 Å². The van der Waals surface area contributed by atoms with Crippen LogP contribution in [0.4, 0.5) is 17.6 Å². The van der Waals surface area contributed by atoms with Gasteiger partial charge in [0.1, 0.15) is 0 Å². The summed E-state index contributed by atoms with van der Waals surface area (Å²) >= 11 is 0. The van der Waals surface area contributed by atoms with E-state index in [0.29, 0.717) is 0 Å². The minimum atomic E-state index is -3.76. The third-order valence-electron chi connectivity index (χ3n) is 1.67. The molecule has 54 valence electrons. The SMILES string of the molecule is CC1CC(F)(F)C1(F)F. The van der Waals surface area contributed by atoms with Crippen LogP contribution >= 0.6 is 0 Å². The van der Waals surface area contributed by atoms with E-state index in [1.807, 2.05) is 0 Å². The highest BCUT2D eigenvalue weighted by atomic mass is 19.3. The van der Waals surface area contributed by atoms with E-state index < -0.39 is 24.2 Å². The number of halogens is 4. The molecule has 0 aromatic heterocycles. The van der Waals surface area contributed by atoms with E-state index in [2.05, 4.69) is 0 Å². The summed E-state index contributed by atoms with van der Waals surface area (Å²) in [5.41, 5.74) is 0. The Labute approximate surface area is 49.9 Å². The molecule has 0 heterocycles. The molecule has 1 fully saturated rings. The van der Waals surface area contributed by atoms with Crippen LogP contribution in [0.5, 0.6) is 0 Å². The zero-order valence-electron chi connectivity index (χ0n) is 4.80. The van der Waals surface area contributed by atoms with E-state index in [-0.39, 0.29) is 0 Å². The van der Waals surface area contributed by atoms with E-state index in [1.54, 1.807) is 0 Å². The van der Waals surface area contributed by atoms with E-state index in [9.17, 15) is 17.6 Å². The molecular weight excluding hydrogens is 136 g/mol. The molecule has 0 aromatic carbocycles. The second-order valence-electron chi connectivity index (χ2n) is 2.43. The molecule has 0 aliphatic heterocycles. The van der Waals surface area contributed by atoms with Gasteiger partial charge in [-0.25, -0.2) is 0 Å². The van der Waals surface area contributed by atoms with Gasteiger partial charge in [-0.3, -0.25) is 0 Å². The van der Waals surface area contributed by atoms with Gasteiger partial charge in [-0.15, -0.1) is 0 Å². The summed E-state index contributed by atoms with van der Waals surface area (Å²) in [4.78, 5) is 0. The molecule has 1 saturated carbocycles. The van der Waals surface area contributed by atoms with Gasteiger partial charge in [-0.2, -0.15) is 17.6 Å². The summed E-state index contributed by atoms with van der Waals surface area (Å²) in [6.07, 6.45) is -0.681. The fourth-order valence-corrected chi connectivity index (χ4v) is 0.878. The Hall–Kier alpha value is -0.280. The van der Waals surface area contributed by atoms with Gasteiger partial charge >= 0.3 is 11.8 Å². The van der Waals surface area contributed by atoms with Crippen LogP contribution in [-0.4, -0.2) is 11.8 Å². The third kappa shape index (κ3) is 0.650. The van der Waals surface area contributed by atoms with Crippen molar-refractivity contribution in [1.29, 1.82) is 0 Å². The molecule has 0 saturated heterocycles. The Morgan fingerprint density at radius 1 is 1.22 bits per heavy atom. The fraction of sp³-hybridized carbons (Fsp3) is 1.00. The molecule has 0 nitrogen and oxygen atoms in total. The maximum absolute atomic E-state index is 12.0. The number of alkyl halides is 4.